The summed E-state index contributed by atoms with van der Waals surface area (Å²) in [7, 11) is 0. The zero-order valence-corrected chi connectivity index (χ0v) is 41.2. The third-order valence-corrected chi connectivity index (χ3v) is 12.5. The Morgan fingerprint density at radius 1 is 0.377 bits per heavy atom. The first-order chi connectivity index (χ1) is 30.2. The highest BCUT2D eigenvalue weighted by Gasteiger charge is 2.18. The maximum Gasteiger partial charge on any atom is 0.220 e. The van der Waals surface area contributed by atoms with Crippen LogP contribution in [0.25, 0.3) is 0 Å². The Bertz CT molecular complexity index is 970. The maximum absolute atomic E-state index is 12.4. The van der Waals surface area contributed by atoms with Crippen molar-refractivity contribution in [2.75, 3.05) is 6.61 Å². The smallest absolute Gasteiger partial charge is 0.220 e. The molecule has 4 nitrogen and oxygen atoms in total. The third kappa shape index (κ3) is 49.2. The van der Waals surface area contributed by atoms with Crippen LogP contribution in [0.15, 0.2) is 48.6 Å². The molecule has 0 aromatic carbocycles. The van der Waals surface area contributed by atoms with E-state index in [1.54, 1.807) is 6.08 Å². The molecule has 0 aliphatic carbocycles. The lowest BCUT2D eigenvalue weighted by atomic mass is 10.0. The second kappa shape index (κ2) is 52.7. The van der Waals surface area contributed by atoms with Crippen molar-refractivity contribution < 1.29 is 15.0 Å². The highest BCUT2D eigenvalue weighted by molar-refractivity contribution is 5.76. The summed E-state index contributed by atoms with van der Waals surface area (Å²) in [4.78, 5) is 12.4. The summed E-state index contributed by atoms with van der Waals surface area (Å²) in [5, 5.41) is 23.1. The van der Waals surface area contributed by atoms with Gasteiger partial charge in [-0.2, -0.15) is 0 Å². The number of nitrogens with one attached hydrogen (secondary N) is 1. The van der Waals surface area contributed by atoms with Crippen LogP contribution in [-0.4, -0.2) is 34.9 Å². The SMILES string of the molecule is CCCCCCCC/C=C/CC/C=C/CC/C=C/C(O)C(CO)NC(=O)CCCCCCCCCCCCCCCCCCC/C=C\CCCCCCCCCCCCCC. The number of hydrogen-bond donors (Lipinski definition) is 3. The molecule has 4 heteroatoms. The van der Waals surface area contributed by atoms with Gasteiger partial charge >= 0.3 is 0 Å². The molecule has 0 aromatic heterocycles. The molecule has 358 valence electrons. The molecule has 2 atom stereocenters. The van der Waals surface area contributed by atoms with Crippen LogP contribution in [0.5, 0.6) is 0 Å². The minimum Gasteiger partial charge on any atom is -0.394 e. The van der Waals surface area contributed by atoms with Crippen LogP contribution >= 0.6 is 0 Å². The van der Waals surface area contributed by atoms with Crippen LogP contribution in [0.3, 0.4) is 0 Å². The van der Waals surface area contributed by atoms with E-state index < -0.39 is 12.1 Å². The van der Waals surface area contributed by atoms with Gasteiger partial charge in [-0.1, -0.05) is 262 Å². The fourth-order valence-electron chi connectivity index (χ4n) is 8.32. The molecule has 0 aliphatic heterocycles. The van der Waals surface area contributed by atoms with Gasteiger partial charge in [0.05, 0.1) is 18.8 Å². The average molecular weight is 854 g/mol. The summed E-state index contributed by atoms with van der Waals surface area (Å²) in [6.07, 6.45) is 72.8. The molecule has 2 unspecified atom stereocenters. The van der Waals surface area contributed by atoms with Crippen molar-refractivity contribution in [1.29, 1.82) is 0 Å². The van der Waals surface area contributed by atoms with Gasteiger partial charge in [0, 0.05) is 6.42 Å². The van der Waals surface area contributed by atoms with Crippen LogP contribution in [0.2, 0.25) is 0 Å². The van der Waals surface area contributed by atoms with Gasteiger partial charge in [-0.3, -0.25) is 4.79 Å². The first-order valence-corrected chi connectivity index (χ1v) is 27.4. The molecule has 0 aliphatic rings. The zero-order valence-electron chi connectivity index (χ0n) is 41.2. The van der Waals surface area contributed by atoms with Gasteiger partial charge in [0.2, 0.25) is 5.91 Å². The molecular formula is C57H107NO3. The lowest BCUT2D eigenvalue weighted by molar-refractivity contribution is -0.123. The van der Waals surface area contributed by atoms with Gasteiger partial charge in [0.25, 0.3) is 0 Å². The van der Waals surface area contributed by atoms with Crippen molar-refractivity contribution in [2.24, 2.45) is 0 Å². The van der Waals surface area contributed by atoms with E-state index in [4.69, 9.17) is 0 Å². The maximum atomic E-state index is 12.4. The first kappa shape index (κ1) is 59.4. The van der Waals surface area contributed by atoms with Gasteiger partial charge in [0.1, 0.15) is 0 Å². The molecule has 0 rings (SSSR count). The molecule has 0 aromatic rings. The summed E-state index contributed by atoms with van der Waals surface area (Å²) >= 11 is 0. The van der Waals surface area contributed by atoms with Crippen molar-refractivity contribution >= 4 is 5.91 Å². The Morgan fingerprint density at radius 3 is 0.951 bits per heavy atom. The second-order valence-electron chi connectivity index (χ2n) is 18.6. The standard InChI is InChI=1S/C57H107NO3/c1-3-5-7-9-11-13-15-17-19-21-22-23-24-25-26-27-28-29-30-31-32-33-34-35-36-37-39-41-43-45-47-49-51-53-57(61)58-55(54-59)56(60)52-50-48-46-44-42-40-38-20-18-16-14-12-10-8-6-4-2/h18,20,25-26,42,44,50,52,55-56,59-60H,3-17,19,21-24,27-41,43,45-49,51,53-54H2,1-2H3,(H,58,61)/b20-18+,26-25-,44-42+,52-50+. The number of allylic oxidation sites excluding steroid dienone is 7. The first-order valence-electron chi connectivity index (χ1n) is 27.4. The van der Waals surface area contributed by atoms with Crippen LogP contribution in [0, 0.1) is 0 Å². The zero-order chi connectivity index (χ0) is 44.2. The number of amides is 1. The largest absolute Gasteiger partial charge is 0.394 e. The van der Waals surface area contributed by atoms with Gasteiger partial charge < -0.3 is 15.5 Å². The van der Waals surface area contributed by atoms with Crippen molar-refractivity contribution in [1.82, 2.24) is 5.32 Å². The Balaban J connectivity index is 3.47. The van der Waals surface area contributed by atoms with Crippen LogP contribution < -0.4 is 5.32 Å². The predicted molar refractivity (Wildman–Crippen MR) is 271 cm³/mol. The third-order valence-electron chi connectivity index (χ3n) is 12.5. The van der Waals surface area contributed by atoms with E-state index >= 15 is 0 Å². The van der Waals surface area contributed by atoms with E-state index in [-0.39, 0.29) is 12.5 Å². The number of aliphatic hydroxyl groups is 2. The summed E-state index contributed by atoms with van der Waals surface area (Å²) in [6.45, 7) is 4.30. The number of carbonyl (C=O) groups is 1. The fraction of sp³-hybridized carbons (Fsp3) is 0.842. The minimum atomic E-state index is -0.869. The van der Waals surface area contributed by atoms with E-state index in [0.717, 1.165) is 38.5 Å². The van der Waals surface area contributed by atoms with E-state index in [9.17, 15) is 15.0 Å². The molecular weight excluding hydrogens is 747 g/mol. The number of carbonyl (C=O) groups excluding carboxylic acids is 1. The Morgan fingerprint density at radius 2 is 0.639 bits per heavy atom. The van der Waals surface area contributed by atoms with Crippen molar-refractivity contribution in [2.45, 2.75) is 302 Å². The Labute approximate surface area is 382 Å². The highest BCUT2D eigenvalue weighted by atomic mass is 16.3. The van der Waals surface area contributed by atoms with Gasteiger partial charge in [-0.15, -0.1) is 0 Å². The Kier molecular flexibility index (Phi) is 51.3. The van der Waals surface area contributed by atoms with E-state index in [1.807, 2.05) is 6.08 Å². The summed E-state index contributed by atoms with van der Waals surface area (Å²) in [5.41, 5.74) is 0. The normalized spacial score (nSPS) is 13.2. The van der Waals surface area contributed by atoms with E-state index in [2.05, 4.69) is 55.6 Å². The summed E-state index contributed by atoms with van der Waals surface area (Å²) in [5.74, 6) is -0.0751. The molecule has 1 amide bonds. The Hall–Kier alpha value is -1.65. The highest BCUT2D eigenvalue weighted by Crippen LogP contribution is 2.16. The summed E-state index contributed by atoms with van der Waals surface area (Å²) in [6, 6.07) is -0.645. The molecule has 0 bridgehead atoms. The van der Waals surface area contributed by atoms with Crippen molar-refractivity contribution in [3.8, 4) is 0 Å². The van der Waals surface area contributed by atoms with Gasteiger partial charge in [-0.05, 0) is 70.6 Å². The number of hydrogen-bond acceptors (Lipinski definition) is 3. The summed E-state index contributed by atoms with van der Waals surface area (Å²) < 4.78 is 0. The molecule has 0 spiro atoms. The monoisotopic (exact) mass is 854 g/mol. The van der Waals surface area contributed by atoms with E-state index in [0.29, 0.717) is 6.42 Å². The van der Waals surface area contributed by atoms with Crippen molar-refractivity contribution in [3.05, 3.63) is 48.6 Å². The molecule has 0 saturated heterocycles. The number of unbranched alkanes of at least 4 members (excludes halogenated alkanes) is 37. The minimum absolute atomic E-state index is 0.0751. The molecule has 3 N–H and O–H groups in total. The lowest BCUT2D eigenvalue weighted by Crippen LogP contribution is -2.45. The molecule has 0 saturated carbocycles. The fourth-order valence-corrected chi connectivity index (χ4v) is 8.32. The molecule has 61 heavy (non-hydrogen) atoms. The number of rotatable bonds is 50. The second-order valence-corrected chi connectivity index (χ2v) is 18.6. The van der Waals surface area contributed by atoms with Gasteiger partial charge in [0.15, 0.2) is 0 Å². The average Bonchev–Trinajstić information content (AvgIpc) is 3.26. The predicted octanol–water partition coefficient (Wildman–Crippen LogP) is 17.9. The molecule has 0 fully saturated rings. The van der Waals surface area contributed by atoms with Crippen LogP contribution in [0.1, 0.15) is 290 Å². The van der Waals surface area contributed by atoms with Crippen LogP contribution in [-0.2, 0) is 4.79 Å². The van der Waals surface area contributed by atoms with Gasteiger partial charge in [-0.25, -0.2) is 0 Å². The number of aliphatic hydroxyl groups excluding tert-OH is 2. The molecule has 0 radical (unpaired) electrons. The molecule has 0 heterocycles. The van der Waals surface area contributed by atoms with Crippen molar-refractivity contribution in [3.63, 3.8) is 0 Å². The van der Waals surface area contributed by atoms with E-state index in [1.165, 1.54) is 231 Å². The van der Waals surface area contributed by atoms with Crippen LogP contribution in [0.4, 0.5) is 0 Å². The topological polar surface area (TPSA) is 69.6 Å². The quantitative estimate of drug-likeness (QED) is 0.0422. The lowest BCUT2D eigenvalue weighted by Gasteiger charge is -2.19.